The summed E-state index contributed by atoms with van der Waals surface area (Å²) in [4.78, 5) is 11.6. The third-order valence-corrected chi connectivity index (χ3v) is 2.96. The van der Waals surface area contributed by atoms with Crippen molar-refractivity contribution in [3.8, 4) is 0 Å². The van der Waals surface area contributed by atoms with E-state index in [0.29, 0.717) is 5.56 Å². The Hall–Kier alpha value is -1.30. The van der Waals surface area contributed by atoms with E-state index >= 15 is 0 Å². The summed E-state index contributed by atoms with van der Waals surface area (Å²) in [7, 11) is 2.76. The van der Waals surface area contributed by atoms with Gasteiger partial charge >= 0.3 is 0 Å². The molecule has 4 nitrogen and oxygen atoms in total. The number of methoxy groups -OCH3 is 2. The Morgan fingerprint density at radius 1 is 1.44 bits per heavy atom. The van der Waals surface area contributed by atoms with Crippen molar-refractivity contribution in [1.29, 1.82) is 0 Å². The van der Waals surface area contributed by atoms with E-state index in [1.165, 1.54) is 33.3 Å². The molecule has 1 aromatic carbocycles. The number of ether oxygens (including phenoxy) is 2. The molecule has 0 amide bonds. The summed E-state index contributed by atoms with van der Waals surface area (Å²) in [5, 5.41) is 0. The molecule has 2 N–H and O–H groups in total. The lowest BCUT2D eigenvalue weighted by molar-refractivity contribution is -0.210. The average Bonchev–Trinajstić information content (AvgIpc) is 2.35. The Balaban J connectivity index is 2.91. The number of Topliss-reactive ketones (excluding diaryl/α,β-unsaturated/α-hetero) is 1. The lowest BCUT2D eigenvalue weighted by Crippen LogP contribution is -2.43. The van der Waals surface area contributed by atoms with Crippen LogP contribution >= 0.6 is 0 Å². The standard InChI is InChI=1S/C13H18FNO3/c1-9(16)13(17-2,18-3)8-12(15)10-5-4-6-11(14)7-10/h4-7,12H,8,15H2,1-3H3. The number of ketones is 1. The van der Waals surface area contributed by atoms with Gasteiger partial charge in [0.2, 0.25) is 5.79 Å². The molecule has 1 atom stereocenters. The second-order valence-corrected chi connectivity index (χ2v) is 4.08. The number of carbonyl (C=O) groups excluding carboxylic acids is 1. The Morgan fingerprint density at radius 2 is 2.06 bits per heavy atom. The van der Waals surface area contributed by atoms with Gasteiger partial charge in [-0.1, -0.05) is 12.1 Å². The summed E-state index contributed by atoms with van der Waals surface area (Å²) in [5.74, 6) is -2.03. The van der Waals surface area contributed by atoms with Gasteiger partial charge in [0.05, 0.1) is 0 Å². The minimum Gasteiger partial charge on any atom is -0.347 e. The van der Waals surface area contributed by atoms with Crippen molar-refractivity contribution in [2.75, 3.05) is 14.2 Å². The molecule has 1 rings (SSSR count). The summed E-state index contributed by atoms with van der Waals surface area (Å²) in [5.41, 5.74) is 6.55. The molecule has 100 valence electrons. The minimum atomic E-state index is -1.38. The summed E-state index contributed by atoms with van der Waals surface area (Å²) in [6, 6.07) is 5.38. The number of carbonyl (C=O) groups is 1. The van der Waals surface area contributed by atoms with Gasteiger partial charge < -0.3 is 15.2 Å². The van der Waals surface area contributed by atoms with Crippen LogP contribution in [0, 0.1) is 5.82 Å². The van der Waals surface area contributed by atoms with Crippen LogP contribution in [0.2, 0.25) is 0 Å². The van der Waals surface area contributed by atoms with Gasteiger partial charge in [-0.15, -0.1) is 0 Å². The van der Waals surface area contributed by atoms with E-state index in [1.54, 1.807) is 12.1 Å². The number of hydrogen-bond donors (Lipinski definition) is 1. The normalized spacial score (nSPS) is 13.4. The highest BCUT2D eigenvalue weighted by atomic mass is 19.1. The first-order valence-electron chi connectivity index (χ1n) is 5.57. The highest BCUT2D eigenvalue weighted by molar-refractivity contribution is 5.83. The van der Waals surface area contributed by atoms with Crippen LogP contribution in [-0.4, -0.2) is 25.8 Å². The van der Waals surface area contributed by atoms with E-state index < -0.39 is 11.8 Å². The maximum atomic E-state index is 13.1. The number of rotatable bonds is 6. The van der Waals surface area contributed by atoms with Crippen molar-refractivity contribution in [3.05, 3.63) is 35.6 Å². The van der Waals surface area contributed by atoms with E-state index in [9.17, 15) is 9.18 Å². The monoisotopic (exact) mass is 255 g/mol. The minimum absolute atomic E-state index is 0.124. The zero-order valence-electron chi connectivity index (χ0n) is 10.8. The first kappa shape index (κ1) is 14.8. The van der Waals surface area contributed by atoms with Gasteiger partial charge in [0.25, 0.3) is 0 Å². The van der Waals surface area contributed by atoms with Crippen molar-refractivity contribution < 1.29 is 18.7 Å². The maximum Gasteiger partial charge on any atom is 0.229 e. The molecule has 0 saturated carbocycles. The zero-order valence-corrected chi connectivity index (χ0v) is 10.8. The van der Waals surface area contributed by atoms with Crippen LogP contribution in [0.3, 0.4) is 0 Å². The molecule has 0 heterocycles. The maximum absolute atomic E-state index is 13.1. The highest BCUT2D eigenvalue weighted by Crippen LogP contribution is 2.26. The van der Waals surface area contributed by atoms with E-state index in [2.05, 4.69) is 0 Å². The molecular weight excluding hydrogens is 237 g/mol. The molecule has 0 radical (unpaired) electrons. The fourth-order valence-corrected chi connectivity index (χ4v) is 1.83. The van der Waals surface area contributed by atoms with Gasteiger partial charge in [-0.2, -0.15) is 0 Å². The van der Waals surface area contributed by atoms with Gasteiger partial charge in [-0.05, 0) is 17.7 Å². The molecular formula is C13H18FNO3. The molecule has 18 heavy (non-hydrogen) atoms. The molecule has 0 fully saturated rings. The molecule has 0 aromatic heterocycles. The first-order chi connectivity index (χ1) is 8.45. The highest BCUT2D eigenvalue weighted by Gasteiger charge is 2.37. The lowest BCUT2D eigenvalue weighted by Gasteiger charge is -2.30. The molecule has 5 heteroatoms. The average molecular weight is 255 g/mol. The van der Waals surface area contributed by atoms with Crippen molar-refractivity contribution in [2.45, 2.75) is 25.2 Å². The quantitative estimate of drug-likeness (QED) is 0.787. The third-order valence-electron chi connectivity index (χ3n) is 2.96. The summed E-state index contributed by atoms with van der Waals surface area (Å²) in [6.45, 7) is 1.37. The molecule has 0 aliphatic carbocycles. The Kier molecular flexibility index (Phi) is 4.95. The van der Waals surface area contributed by atoms with Gasteiger partial charge in [-0.3, -0.25) is 4.79 Å². The topological polar surface area (TPSA) is 61.6 Å². The van der Waals surface area contributed by atoms with Gasteiger partial charge in [0.1, 0.15) is 5.82 Å². The Bertz CT molecular complexity index is 418. The van der Waals surface area contributed by atoms with E-state index in [0.717, 1.165) is 0 Å². The van der Waals surface area contributed by atoms with Crippen LogP contribution < -0.4 is 5.73 Å². The number of hydrogen-bond acceptors (Lipinski definition) is 4. The van der Waals surface area contributed by atoms with Crippen molar-refractivity contribution >= 4 is 5.78 Å². The predicted molar refractivity (Wildman–Crippen MR) is 65.4 cm³/mol. The van der Waals surface area contributed by atoms with Gasteiger partial charge in [0.15, 0.2) is 5.78 Å². The van der Waals surface area contributed by atoms with Crippen LogP contribution in [0.25, 0.3) is 0 Å². The molecule has 0 bridgehead atoms. The third kappa shape index (κ3) is 3.13. The summed E-state index contributed by atoms with van der Waals surface area (Å²) >= 11 is 0. The van der Waals surface area contributed by atoms with Gasteiger partial charge in [0, 0.05) is 33.6 Å². The van der Waals surface area contributed by atoms with Crippen LogP contribution in [0.4, 0.5) is 4.39 Å². The SMILES string of the molecule is COC(CC(N)c1cccc(F)c1)(OC)C(C)=O. The summed E-state index contributed by atoms with van der Waals surface area (Å²) < 4.78 is 23.3. The zero-order chi connectivity index (χ0) is 13.8. The second-order valence-electron chi connectivity index (χ2n) is 4.08. The van der Waals surface area contributed by atoms with Crippen molar-refractivity contribution in [1.82, 2.24) is 0 Å². The van der Waals surface area contributed by atoms with Crippen molar-refractivity contribution in [3.63, 3.8) is 0 Å². The van der Waals surface area contributed by atoms with Crippen LogP contribution in [-0.2, 0) is 14.3 Å². The Morgan fingerprint density at radius 3 is 2.50 bits per heavy atom. The molecule has 0 aliphatic rings. The molecule has 0 spiro atoms. The Labute approximate surface area is 106 Å². The van der Waals surface area contributed by atoms with Crippen LogP contribution in [0.15, 0.2) is 24.3 Å². The number of nitrogens with two attached hydrogens (primary N) is 1. The number of halogens is 1. The molecule has 1 aromatic rings. The largest absolute Gasteiger partial charge is 0.347 e. The fraction of sp³-hybridized carbons (Fsp3) is 0.462. The number of benzene rings is 1. The predicted octanol–water partition coefficient (Wildman–Crippen LogP) is 1.79. The first-order valence-corrected chi connectivity index (χ1v) is 5.57. The van der Waals surface area contributed by atoms with E-state index in [4.69, 9.17) is 15.2 Å². The molecule has 1 unspecified atom stereocenters. The molecule has 0 saturated heterocycles. The smallest absolute Gasteiger partial charge is 0.229 e. The lowest BCUT2D eigenvalue weighted by atomic mass is 9.97. The van der Waals surface area contributed by atoms with Crippen molar-refractivity contribution in [2.24, 2.45) is 5.73 Å². The van der Waals surface area contributed by atoms with Crippen LogP contribution in [0.5, 0.6) is 0 Å². The van der Waals surface area contributed by atoms with Gasteiger partial charge in [-0.25, -0.2) is 4.39 Å². The summed E-state index contributed by atoms with van der Waals surface area (Å²) in [6.07, 6.45) is 0.124. The van der Waals surface area contributed by atoms with E-state index in [-0.39, 0.29) is 18.0 Å². The van der Waals surface area contributed by atoms with Crippen LogP contribution in [0.1, 0.15) is 24.9 Å². The fourth-order valence-electron chi connectivity index (χ4n) is 1.83. The van der Waals surface area contributed by atoms with E-state index in [1.807, 2.05) is 0 Å². The second kappa shape index (κ2) is 6.04. The molecule has 0 aliphatic heterocycles.